The number of fused-ring (bicyclic) bond motifs is 1. The third kappa shape index (κ3) is 1.80. The molecule has 3 N–H and O–H groups in total. The van der Waals surface area contributed by atoms with E-state index in [0.29, 0.717) is 10.8 Å². The van der Waals surface area contributed by atoms with Crippen molar-refractivity contribution >= 4 is 15.7 Å². The molecule has 4 rings (SSSR count). The number of hydrogen-bond acceptors (Lipinski definition) is 3. The SMILES string of the molecule is NS(=O)(=O)c1cccc(NCC2C3(CCC3)C23CCC3)c1. The van der Waals surface area contributed by atoms with Gasteiger partial charge in [-0.25, -0.2) is 13.6 Å². The van der Waals surface area contributed by atoms with Crippen LogP contribution in [0.3, 0.4) is 0 Å². The molecule has 3 aliphatic rings. The van der Waals surface area contributed by atoms with Crippen molar-refractivity contribution in [1.29, 1.82) is 0 Å². The van der Waals surface area contributed by atoms with Crippen molar-refractivity contribution in [2.45, 2.75) is 43.4 Å². The lowest BCUT2D eigenvalue weighted by Crippen LogP contribution is -2.26. The molecule has 3 fully saturated rings. The molecule has 21 heavy (non-hydrogen) atoms. The smallest absolute Gasteiger partial charge is 0.238 e. The maximum absolute atomic E-state index is 11.4. The number of nitrogens with one attached hydrogen (secondary N) is 1. The van der Waals surface area contributed by atoms with E-state index in [2.05, 4.69) is 5.32 Å². The van der Waals surface area contributed by atoms with Gasteiger partial charge >= 0.3 is 0 Å². The topological polar surface area (TPSA) is 72.2 Å². The van der Waals surface area contributed by atoms with Crippen LogP contribution in [0, 0.1) is 16.7 Å². The van der Waals surface area contributed by atoms with Crippen LogP contribution >= 0.6 is 0 Å². The van der Waals surface area contributed by atoms with Crippen LogP contribution in [-0.2, 0) is 10.0 Å². The van der Waals surface area contributed by atoms with Gasteiger partial charge in [0.1, 0.15) is 0 Å². The fourth-order valence-corrected chi connectivity index (χ4v) is 5.60. The van der Waals surface area contributed by atoms with Gasteiger partial charge in [0.25, 0.3) is 0 Å². The predicted octanol–water partition coefficient (Wildman–Crippen LogP) is 2.72. The van der Waals surface area contributed by atoms with Crippen molar-refractivity contribution in [3.63, 3.8) is 0 Å². The first-order valence-corrected chi connectivity index (χ1v) is 9.39. The van der Waals surface area contributed by atoms with Gasteiger partial charge in [-0.05, 0) is 60.6 Å². The highest BCUT2D eigenvalue weighted by molar-refractivity contribution is 7.89. The first-order valence-electron chi connectivity index (χ1n) is 7.85. The zero-order valence-corrected chi connectivity index (χ0v) is 13.0. The lowest BCUT2D eigenvalue weighted by atomic mass is 9.67. The number of anilines is 1. The van der Waals surface area contributed by atoms with Gasteiger partial charge in [0.15, 0.2) is 0 Å². The lowest BCUT2D eigenvalue weighted by molar-refractivity contribution is 0.129. The van der Waals surface area contributed by atoms with Gasteiger partial charge < -0.3 is 5.32 Å². The van der Waals surface area contributed by atoms with Crippen molar-refractivity contribution in [1.82, 2.24) is 0 Å². The van der Waals surface area contributed by atoms with Crippen molar-refractivity contribution in [2.24, 2.45) is 21.9 Å². The van der Waals surface area contributed by atoms with Crippen molar-refractivity contribution in [2.75, 3.05) is 11.9 Å². The maximum Gasteiger partial charge on any atom is 0.238 e. The Bertz CT molecular complexity index is 655. The molecule has 3 aliphatic carbocycles. The first-order chi connectivity index (χ1) is 9.98. The summed E-state index contributed by atoms with van der Waals surface area (Å²) >= 11 is 0. The third-order valence-electron chi connectivity index (χ3n) is 6.41. The lowest BCUT2D eigenvalue weighted by Gasteiger charge is -2.38. The number of nitrogens with two attached hydrogens (primary N) is 1. The minimum Gasteiger partial charge on any atom is -0.385 e. The van der Waals surface area contributed by atoms with E-state index in [4.69, 9.17) is 5.14 Å². The fraction of sp³-hybridized carbons (Fsp3) is 0.625. The second-order valence-corrected chi connectivity index (χ2v) is 8.59. The summed E-state index contributed by atoms with van der Waals surface area (Å²) < 4.78 is 22.8. The molecule has 0 unspecified atom stereocenters. The molecule has 4 nitrogen and oxygen atoms in total. The molecule has 5 heteroatoms. The normalized spacial score (nSPS) is 25.4. The average molecular weight is 306 g/mol. The highest BCUT2D eigenvalue weighted by atomic mass is 32.2. The van der Waals surface area contributed by atoms with Crippen LogP contribution in [0.4, 0.5) is 5.69 Å². The second kappa shape index (κ2) is 4.23. The summed E-state index contributed by atoms with van der Waals surface area (Å²) in [4.78, 5) is 0.181. The molecule has 0 radical (unpaired) electrons. The van der Waals surface area contributed by atoms with Crippen LogP contribution in [0.25, 0.3) is 0 Å². The van der Waals surface area contributed by atoms with Crippen LogP contribution < -0.4 is 10.5 Å². The standard InChI is InChI=1S/C16H22N2O2S/c17-21(19,20)13-5-1-4-12(10-13)18-11-14-15(6-2-7-15)16(14)8-3-9-16/h1,4-5,10,14,18H,2-3,6-9,11H2,(H2,17,19,20). The van der Waals surface area contributed by atoms with Crippen LogP contribution in [0.5, 0.6) is 0 Å². The van der Waals surface area contributed by atoms with Crippen molar-refractivity contribution < 1.29 is 8.42 Å². The quantitative estimate of drug-likeness (QED) is 0.898. The number of sulfonamides is 1. The largest absolute Gasteiger partial charge is 0.385 e. The Kier molecular flexibility index (Phi) is 2.74. The molecule has 2 spiro atoms. The zero-order chi connectivity index (χ0) is 14.7. The summed E-state index contributed by atoms with van der Waals surface area (Å²) in [5, 5.41) is 8.63. The van der Waals surface area contributed by atoms with Gasteiger partial charge in [0.05, 0.1) is 4.90 Å². The molecular weight excluding hydrogens is 284 g/mol. The Balaban J connectivity index is 1.46. The molecule has 0 atom stereocenters. The maximum atomic E-state index is 11.4. The highest BCUT2D eigenvalue weighted by Crippen LogP contribution is 2.84. The summed E-state index contributed by atoms with van der Waals surface area (Å²) in [6.45, 7) is 0.966. The van der Waals surface area contributed by atoms with Gasteiger partial charge in [-0.1, -0.05) is 18.9 Å². The molecule has 0 saturated heterocycles. The number of primary sulfonamides is 1. The number of benzene rings is 1. The molecule has 0 heterocycles. The number of hydrogen-bond donors (Lipinski definition) is 2. The zero-order valence-electron chi connectivity index (χ0n) is 12.1. The Morgan fingerprint density at radius 3 is 2.24 bits per heavy atom. The molecule has 0 aliphatic heterocycles. The molecule has 0 aromatic heterocycles. The van der Waals surface area contributed by atoms with Crippen molar-refractivity contribution in [3.05, 3.63) is 24.3 Å². The van der Waals surface area contributed by atoms with Gasteiger partial charge in [0.2, 0.25) is 10.0 Å². The van der Waals surface area contributed by atoms with E-state index in [0.717, 1.165) is 18.2 Å². The van der Waals surface area contributed by atoms with Gasteiger partial charge in [0, 0.05) is 12.2 Å². The van der Waals surface area contributed by atoms with E-state index >= 15 is 0 Å². The van der Waals surface area contributed by atoms with E-state index in [1.807, 2.05) is 6.07 Å². The molecule has 1 aromatic carbocycles. The molecular formula is C16H22N2O2S. The Morgan fingerprint density at radius 2 is 1.76 bits per heavy atom. The monoisotopic (exact) mass is 306 g/mol. The minimum absolute atomic E-state index is 0.181. The summed E-state index contributed by atoms with van der Waals surface area (Å²) in [7, 11) is -3.62. The predicted molar refractivity (Wildman–Crippen MR) is 82.4 cm³/mol. The highest BCUT2D eigenvalue weighted by Gasteiger charge is 2.78. The summed E-state index contributed by atoms with van der Waals surface area (Å²) in [6.07, 6.45) is 8.37. The molecule has 0 bridgehead atoms. The van der Waals surface area contributed by atoms with E-state index in [1.165, 1.54) is 38.5 Å². The van der Waals surface area contributed by atoms with Crippen LogP contribution in [0.1, 0.15) is 38.5 Å². The fourth-order valence-electron chi connectivity index (χ4n) is 5.04. The van der Waals surface area contributed by atoms with Gasteiger partial charge in [-0.3, -0.25) is 0 Å². The molecule has 0 amide bonds. The van der Waals surface area contributed by atoms with E-state index < -0.39 is 10.0 Å². The summed E-state index contributed by atoms with van der Waals surface area (Å²) in [5.74, 6) is 0.783. The minimum atomic E-state index is -3.62. The van der Waals surface area contributed by atoms with Crippen LogP contribution in [0.15, 0.2) is 29.2 Å². The molecule has 3 saturated carbocycles. The molecule has 1 aromatic rings. The third-order valence-corrected chi connectivity index (χ3v) is 7.32. The van der Waals surface area contributed by atoms with E-state index in [1.54, 1.807) is 18.2 Å². The summed E-state index contributed by atoms with van der Waals surface area (Å²) in [6, 6.07) is 6.84. The van der Waals surface area contributed by atoms with E-state index in [-0.39, 0.29) is 4.90 Å². The van der Waals surface area contributed by atoms with Gasteiger partial charge in [-0.15, -0.1) is 0 Å². The Labute approximate surface area is 126 Å². The average Bonchev–Trinajstić information content (AvgIpc) is 2.99. The van der Waals surface area contributed by atoms with E-state index in [9.17, 15) is 8.42 Å². The first kappa shape index (κ1) is 13.6. The Morgan fingerprint density at radius 1 is 1.14 bits per heavy atom. The molecule has 114 valence electrons. The van der Waals surface area contributed by atoms with Crippen molar-refractivity contribution in [3.8, 4) is 0 Å². The van der Waals surface area contributed by atoms with Crippen LogP contribution in [-0.4, -0.2) is 15.0 Å². The number of rotatable bonds is 4. The van der Waals surface area contributed by atoms with Crippen LogP contribution in [0.2, 0.25) is 0 Å². The second-order valence-electron chi connectivity index (χ2n) is 7.03. The summed E-state index contributed by atoms with van der Waals surface area (Å²) in [5.41, 5.74) is 2.13. The Hall–Kier alpha value is -1.07. The van der Waals surface area contributed by atoms with Gasteiger partial charge in [-0.2, -0.15) is 0 Å².